The lowest BCUT2D eigenvalue weighted by atomic mass is 10.1. The number of Topliss-reactive ketones (excluding diaryl/α,β-unsaturated/α-hetero) is 1. The Labute approximate surface area is 145 Å². The maximum absolute atomic E-state index is 12.6. The zero-order valence-electron chi connectivity index (χ0n) is 13.5. The van der Waals surface area contributed by atoms with Gasteiger partial charge < -0.3 is 0 Å². The number of nitrogens with zero attached hydrogens (tertiary/aromatic N) is 2. The fourth-order valence-electron chi connectivity index (χ4n) is 2.39. The molecule has 1 aromatic heterocycles. The van der Waals surface area contributed by atoms with Crippen LogP contribution in [0.15, 0.2) is 76.7 Å². The van der Waals surface area contributed by atoms with Crippen LogP contribution in [0.5, 0.6) is 0 Å². The summed E-state index contributed by atoms with van der Waals surface area (Å²) in [7, 11) is -3.99. The second-order valence-electron chi connectivity index (χ2n) is 5.61. The van der Waals surface area contributed by atoms with E-state index in [-0.39, 0.29) is 17.2 Å². The lowest BCUT2D eigenvalue weighted by Gasteiger charge is -2.05. The molecule has 0 atom stereocenters. The number of rotatable bonds is 5. The normalized spacial score (nSPS) is 11.4. The molecule has 0 saturated carbocycles. The Balaban J connectivity index is 1.92. The molecule has 1 heterocycles. The van der Waals surface area contributed by atoms with Crippen molar-refractivity contribution in [1.82, 2.24) is 8.54 Å². The first-order chi connectivity index (χ1) is 11.9. The number of benzene rings is 2. The summed E-state index contributed by atoms with van der Waals surface area (Å²) in [6.07, 6.45) is 2.46. The van der Waals surface area contributed by atoms with Crippen molar-refractivity contribution in [3.8, 4) is 0 Å². The SMILES string of the molecule is Cc1ccc(S(=O)(=O)n2ccn(CC(=O)c3ccccc3)c2=O)cc1. The molecule has 2 aromatic carbocycles. The van der Waals surface area contributed by atoms with Crippen molar-refractivity contribution in [3.05, 3.63) is 88.6 Å². The predicted molar refractivity (Wildman–Crippen MR) is 93.2 cm³/mol. The lowest BCUT2D eigenvalue weighted by Crippen LogP contribution is -2.30. The Morgan fingerprint density at radius 1 is 0.960 bits per heavy atom. The van der Waals surface area contributed by atoms with Crippen molar-refractivity contribution in [2.75, 3.05) is 0 Å². The molecule has 25 heavy (non-hydrogen) atoms. The summed E-state index contributed by atoms with van der Waals surface area (Å²) >= 11 is 0. The maximum atomic E-state index is 12.6. The van der Waals surface area contributed by atoms with E-state index in [9.17, 15) is 18.0 Å². The summed E-state index contributed by atoms with van der Waals surface area (Å²) in [4.78, 5) is 24.7. The van der Waals surface area contributed by atoms with Crippen LogP contribution in [-0.4, -0.2) is 22.7 Å². The summed E-state index contributed by atoms with van der Waals surface area (Å²) in [6.45, 7) is 1.62. The first kappa shape index (κ1) is 16.9. The molecule has 128 valence electrons. The van der Waals surface area contributed by atoms with Gasteiger partial charge in [0.2, 0.25) is 0 Å². The largest absolute Gasteiger partial charge is 0.342 e. The van der Waals surface area contributed by atoms with Gasteiger partial charge in [-0.2, -0.15) is 3.97 Å². The van der Waals surface area contributed by atoms with Crippen LogP contribution in [0.1, 0.15) is 15.9 Å². The van der Waals surface area contributed by atoms with Crippen molar-refractivity contribution in [2.45, 2.75) is 18.4 Å². The maximum Gasteiger partial charge on any atom is 0.342 e. The van der Waals surface area contributed by atoms with Crippen LogP contribution in [-0.2, 0) is 16.6 Å². The topological polar surface area (TPSA) is 78.1 Å². The Morgan fingerprint density at radius 3 is 2.24 bits per heavy atom. The van der Waals surface area contributed by atoms with Crippen LogP contribution in [0.25, 0.3) is 0 Å². The highest BCUT2D eigenvalue weighted by molar-refractivity contribution is 7.90. The zero-order valence-corrected chi connectivity index (χ0v) is 14.3. The fraction of sp³-hybridized carbons (Fsp3) is 0.111. The summed E-state index contributed by atoms with van der Waals surface area (Å²) < 4.78 is 26.9. The molecule has 7 heteroatoms. The Morgan fingerprint density at radius 2 is 1.60 bits per heavy atom. The third-order valence-electron chi connectivity index (χ3n) is 3.80. The number of hydrogen-bond acceptors (Lipinski definition) is 4. The van der Waals surface area contributed by atoms with Crippen LogP contribution >= 0.6 is 0 Å². The molecule has 0 spiro atoms. The molecule has 6 nitrogen and oxygen atoms in total. The van der Waals surface area contributed by atoms with E-state index in [1.54, 1.807) is 42.5 Å². The van der Waals surface area contributed by atoms with Gasteiger partial charge in [0.15, 0.2) is 5.78 Å². The van der Waals surface area contributed by atoms with Gasteiger partial charge in [-0.15, -0.1) is 0 Å². The molecule has 0 fully saturated rings. The Bertz CT molecular complexity index is 1060. The number of aryl methyl sites for hydroxylation is 1. The highest BCUT2D eigenvalue weighted by Gasteiger charge is 2.21. The molecule has 0 bridgehead atoms. The standard InChI is InChI=1S/C18H16N2O4S/c1-14-7-9-16(10-8-14)25(23,24)20-12-11-19(18(20)22)13-17(21)15-5-3-2-4-6-15/h2-12H,13H2,1H3. The number of carbonyl (C=O) groups excluding carboxylic acids is 1. The monoisotopic (exact) mass is 356 g/mol. The molecule has 0 aliphatic heterocycles. The molecule has 0 amide bonds. The molecule has 3 rings (SSSR count). The first-order valence-electron chi connectivity index (χ1n) is 7.58. The highest BCUT2D eigenvalue weighted by Crippen LogP contribution is 2.13. The van der Waals surface area contributed by atoms with E-state index < -0.39 is 15.7 Å². The number of ketones is 1. The third-order valence-corrected chi connectivity index (χ3v) is 5.47. The fourth-order valence-corrected chi connectivity index (χ4v) is 3.62. The number of carbonyl (C=O) groups is 1. The summed E-state index contributed by atoms with van der Waals surface area (Å²) in [5, 5.41) is 0. The molecule has 0 aliphatic rings. The Kier molecular flexibility index (Phi) is 4.41. The zero-order chi connectivity index (χ0) is 18.0. The number of hydrogen-bond donors (Lipinski definition) is 0. The van der Waals surface area contributed by atoms with Gasteiger partial charge >= 0.3 is 5.69 Å². The molecule has 3 aromatic rings. The van der Waals surface area contributed by atoms with Crippen molar-refractivity contribution in [2.24, 2.45) is 0 Å². The molecule has 0 radical (unpaired) electrons. The van der Waals surface area contributed by atoms with Gasteiger partial charge in [-0.25, -0.2) is 13.2 Å². The second kappa shape index (κ2) is 6.52. The minimum absolute atomic E-state index is 0.0207. The molecule has 0 unspecified atom stereocenters. The number of imidazole rings is 1. The average Bonchev–Trinajstić information content (AvgIpc) is 2.97. The predicted octanol–water partition coefficient (Wildman–Crippen LogP) is 2.08. The van der Waals surface area contributed by atoms with Crippen molar-refractivity contribution >= 4 is 15.8 Å². The summed E-state index contributed by atoms with van der Waals surface area (Å²) in [5.74, 6) is -0.270. The van der Waals surface area contributed by atoms with E-state index in [1.165, 1.54) is 18.3 Å². The van der Waals surface area contributed by atoms with Gasteiger partial charge in [-0.1, -0.05) is 48.0 Å². The number of aromatic nitrogens is 2. The van der Waals surface area contributed by atoms with Gasteiger partial charge in [-0.3, -0.25) is 9.36 Å². The molecular weight excluding hydrogens is 340 g/mol. The summed E-state index contributed by atoms with van der Waals surface area (Å²) in [5.41, 5.74) is 0.603. The van der Waals surface area contributed by atoms with Crippen LogP contribution < -0.4 is 5.69 Å². The van der Waals surface area contributed by atoms with Crippen LogP contribution in [0.3, 0.4) is 0 Å². The first-order valence-corrected chi connectivity index (χ1v) is 9.02. The third kappa shape index (κ3) is 3.32. The van der Waals surface area contributed by atoms with Gasteiger partial charge in [-0.05, 0) is 19.1 Å². The average molecular weight is 356 g/mol. The minimum Gasteiger partial charge on any atom is -0.292 e. The van der Waals surface area contributed by atoms with Crippen molar-refractivity contribution in [1.29, 1.82) is 0 Å². The Hall–Kier alpha value is -2.93. The summed E-state index contributed by atoms with van der Waals surface area (Å²) in [6, 6.07) is 14.7. The second-order valence-corrected chi connectivity index (χ2v) is 7.43. The van der Waals surface area contributed by atoms with Crippen molar-refractivity contribution in [3.63, 3.8) is 0 Å². The highest BCUT2D eigenvalue weighted by atomic mass is 32.2. The van der Waals surface area contributed by atoms with E-state index in [0.717, 1.165) is 16.3 Å². The van der Waals surface area contributed by atoms with Gasteiger partial charge in [0.1, 0.15) is 0 Å². The van der Waals surface area contributed by atoms with E-state index in [0.29, 0.717) is 9.54 Å². The van der Waals surface area contributed by atoms with Crippen LogP contribution in [0, 0.1) is 6.92 Å². The van der Waals surface area contributed by atoms with Gasteiger partial charge in [0.05, 0.1) is 11.4 Å². The van der Waals surface area contributed by atoms with Crippen LogP contribution in [0.2, 0.25) is 0 Å². The minimum atomic E-state index is -3.99. The van der Waals surface area contributed by atoms with Gasteiger partial charge in [0.25, 0.3) is 10.0 Å². The van der Waals surface area contributed by atoms with Crippen molar-refractivity contribution < 1.29 is 13.2 Å². The van der Waals surface area contributed by atoms with E-state index in [1.807, 2.05) is 6.92 Å². The quantitative estimate of drug-likeness (QED) is 0.656. The molecule has 0 saturated heterocycles. The van der Waals surface area contributed by atoms with Gasteiger partial charge in [0, 0.05) is 18.0 Å². The van der Waals surface area contributed by atoms with E-state index in [4.69, 9.17) is 0 Å². The van der Waals surface area contributed by atoms with Crippen LogP contribution in [0.4, 0.5) is 0 Å². The molecule has 0 N–H and O–H groups in total. The lowest BCUT2D eigenvalue weighted by molar-refractivity contribution is 0.0971. The van der Waals surface area contributed by atoms with E-state index in [2.05, 4.69) is 0 Å². The molecule has 0 aliphatic carbocycles. The van der Waals surface area contributed by atoms with E-state index >= 15 is 0 Å². The smallest absolute Gasteiger partial charge is 0.292 e. The molecular formula is C18H16N2O4S.